The number of benzene rings is 2. The maximum atomic E-state index is 13.4. The number of carboxylic acid groups (broad SMARTS) is 1. The van der Waals surface area contributed by atoms with E-state index in [1.807, 2.05) is 11.8 Å². The van der Waals surface area contributed by atoms with Crippen molar-refractivity contribution in [3.05, 3.63) is 80.1 Å². The summed E-state index contributed by atoms with van der Waals surface area (Å²) in [6.45, 7) is 1.99. The van der Waals surface area contributed by atoms with Gasteiger partial charge >= 0.3 is 16.1 Å². The number of hydrogen-bond donors (Lipinski definition) is 1. The van der Waals surface area contributed by atoms with Gasteiger partial charge in [0.25, 0.3) is 0 Å². The van der Waals surface area contributed by atoms with Gasteiger partial charge in [0.05, 0.1) is 16.5 Å². The summed E-state index contributed by atoms with van der Waals surface area (Å²) in [5.41, 5.74) is 3.69. The Hall–Kier alpha value is -3.14. The molecule has 1 N–H and O–H groups in total. The molecule has 8 nitrogen and oxygen atoms in total. The Bertz CT molecular complexity index is 1530. The smallest absolute Gasteiger partial charge is 0.339 e. The molecule has 0 saturated carbocycles. The van der Waals surface area contributed by atoms with E-state index in [1.54, 1.807) is 12.1 Å². The molecule has 3 aliphatic rings. The number of rotatable bonds is 7. The highest BCUT2D eigenvalue weighted by molar-refractivity contribution is 7.87. The lowest BCUT2D eigenvalue weighted by Crippen LogP contribution is -2.39. The second kappa shape index (κ2) is 11.0. The fraction of sp³-hybridized carbons (Fsp3) is 0.345. The van der Waals surface area contributed by atoms with E-state index in [9.17, 15) is 27.9 Å². The zero-order valence-electron chi connectivity index (χ0n) is 21.7. The quantitative estimate of drug-likeness (QED) is 0.385. The van der Waals surface area contributed by atoms with E-state index in [2.05, 4.69) is 0 Å². The monoisotopic (exact) mass is 603 g/mol. The number of aryl methyl sites for hydroxylation is 1. The molecule has 210 valence electrons. The number of ketones is 2. The molecular weight excluding hydrogens is 577 g/mol. The molecule has 40 heavy (non-hydrogen) atoms. The summed E-state index contributed by atoms with van der Waals surface area (Å²) in [4.78, 5) is 40.0. The Labute approximate surface area is 242 Å². The van der Waals surface area contributed by atoms with Gasteiger partial charge in [-0.2, -0.15) is 8.42 Å². The third-order valence-electron chi connectivity index (χ3n) is 7.49. The number of carbonyl (C=O) groups is 3. The van der Waals surface area contributed by atoms with Crippen LogP contribution in [-0.4, -0.2) is 42.5 Å². The van der Waals surface area contributed by atoms with E-state index >= 15 is 0 Å². The highest BCUT2D eigenvalue weighted by Gasteiger charge is 2.43. The number of aliphatic carboxylic acids is 1. The Balaban J connectivity index is 1.60. The van der Waals surface area contributed by atoms with E-state index in [-0.39, 0.29) is 45.2 Å². The molecule has 0 unspecified atom stereocenters. The van der Waals surface area contributed by atoms with Crippen LogP contribution in [0.25, 0.3) is 0 Å². The van der Waals surface area contributed by atoms with E-state index in [1.165, 1.54) is 24.3 Å². The summed E-state index contributed by atoms with van der Waals surface area (Å²) >= 11 is 13.1. The maximum absolute atomic E-state index is 13.4. The Morgan fingerprint density at radius 1 is 0.950 bits per heavy atom. The predicted molar refractivity (Wildman–Crippen MR) is 149 cm³/mol. The van der Waals surface area contributed by atoms with Crippen LogP contribution in [0.4, 0.5) is 0 Å². The number of nitrogens with zero attached hydrogens (tertiary/aromatic N) is 1. The molecule has 0 saturated heterocycles. The third-order valence-corrected chi connectivity index (χ3v) is 9.29. The summed E-state index contributed by atoms with van der Waals surface area (Å²) in [5, 5.41) is 9.18. The molecule has 1 heterocycles. The SMILES string of the molecule is Cc1ccc(S(=O)(=O)Oc2c(Cl)cc(C3C4=C(CCCC4=O)N(CCC(=O)O)C4=C3C(=O)CCC4)cc2Cl)cc1. The molecule has 2 aromatic rings. The van der Waals surface area contributed by atoms with Gasteiger partial charge in [0.15, 0.2) is 17.3 Å². The zero-order valence-corrected chi connectivity index (χ0v) is 24.0. The molecule has 0 radical (unpaired) electrons. The van der Waals surface area contributed by atoms with E-state index in [0.717, 1.165) is 17.0 Å². The van der Waals surface area contributed by atoms with Crippen LogP contribution < -0.4 is 4.18 Å². The average molecular weight is 605 g/mol. The summed E-state index contributed by atoms with van der Waals surface area (Å²) < 4.78 is 31.2. The second-order valence-corrected chi connectivity index (χ2v) is 12.5. The number of allylic oxidation sites excluding steroid dienone is 4. The highest BCUT2D eigenvalue weighted by atomic mass is 35.5. The van der Waals surface area contributed by atoms with E-state index < -0.39 is 22.0 Å². The first kappa shape index (κ1) is 28.4. The summed E-state index contributed by atoms with van der Waals surface area (Å²) in [5.74, 6) is -2.20. The van der Waals surface area contributed by atoms with Crippen LogP contribution in [0.15, 0.2) is 63.8 Å². The molecule has 0 spiro atoms. The van der Waals surface area contributed by atoms with Crippen molar-refractivity contribution in [1.29, 1.82) is 0 Å². The molecule has 0 atom stereocenters. The zero-order chi connectivity index (χ0) is 28.8. The van der Waals surface area contributed by atoms with Crippen molar-refractivity contribution in [2.24, 2.45) is 0 Å². The maximum Gasteiger partial charge on any atom is 0.339 e. The van der Waals surface area contributed by atoms with Crippen molar-refractivity contribution in [2.75, 3.05) is 6.54 Å². The lowest BCUT2D eigenvalue weighted by atomic mass is 9.71. The largest absolute Gasteiger partial charge is 0.481 e. The average Bonchev–Trinajstić information content (AvgIpc) is 2.89. The second-order valence-electron chi connectivity index (χ2n) is 10.2. The molecular formula is C29H27Cl2NO7S. The molecule has 1 aliphatic heterocycles. The molecule has 2 aromatic carbocycles. The standard InChI is InChI=1S/C29H27Cl2NO7S/c1-16-8-10-18(11-9-16)40(37,38)39-29-19(30)14-17(15-20(29)31)26-27-21(4-2-6-23(27)33)32(13-12-25(35)36)22-5-3-7-24(34)28(22)26/h8-11,14-15,26H,2-7,12-13H2,1H3,(H,35,36). The van der Waals surface area contributed by atoms with Crippen LogP contribution >= 0.6 is 23.2 Å². The van der Waals surface area contributed by atoms with Crippen molar-refractivity contribution in [2.45, 2.75) is 62.7 Å². The molecule has 0 fully saturated rings. The van der Waals surface area contributed by atoms with Gasteiger partial charge in [-0.05, 0) is 62.4 Å². The fourth-order valence-electron chi connectivity index (χ4n) is 5.72. The Kier molecular flexibility index (Phi) is 7.83. The van der Waals surface area contributed by atoms with Crippen LogP contribution in [0.2, 0.25) is 10.0 Å². The van der Waals surface area contributed by atoms with Crippen LogP contribution in [0, 0.1) is 6.92 Å². The Morgan fingerprint density at radius 3 is 1.98 bits per heavy atom. The predicted octanol–water partition coefficient (Wildman–Crippen LogP) is 5.96. The van der Waals surface area contributed by atoms with Gasteiger partial charge in [-0.15, -0.1) is 0 Å². The topological polar surface area (TPSA) is 118 Å². The minimum atomic E-state index is -4.24. The number of halogens is 2. The number of hydrogen-bond acceptors (Lipinski definition) is 7. The fourth-order valence-corrected chi connectivity index (χ4v) is 7.35. The minimum absolute atomic E-state index is 0.0618. The van der Waals surface area contributed by atoms with E-state index in [0.29, 0.717) is 55.2 Å². The molecule has 5 rings (SSSR count). The van der Waals surface area contributed by atoms with Gasteiger partial charge in [0, 0.05) is 47.8 Å². The molecule has 0 aromatic heterocycles. The van der Waals surface area contributed by atoms with Crippen LogP contribution in [0.3, 0.4) is 0 Å². The normalized spacial score (nSPS) is 18.1. The summed E-state index contributed by atoms with van der Waals surface area (Å²) in [6.07, 6.45) is 2.84. The molecule has 0 amide bonds. The van der Waals surface area contributed by atoms with Gasteiger partial charge < -0.3 is 14.2 Å². The van der Waals surface area contributed by atoms with Gasteiger partial charge in [-0.1, -0.05) is 40.9 Å². The van der Waals surface area contributed by atoms with Gasteiger partial charge in [-0.3, -0.25) is 14.4 Å². The molecule has 11 heteroatoms. The first-order valence-electron chi connectivity index (χ1n) is 13.0. The number of Topliss-reactive ketones (excluding diaryl/α,β-unsaturated/α-hetero) is 2. The number of carboxylic acids is 1. The molecule has 0 bridgehead atoms. The van der Waals surface area contributed by atoms with Gasteiger partial charge in [-0.25, -0.2) is 0 Å². The van der Waals surface area contributed by atoms with Crippen molar-refractivity contribution < 1.29 is 32.1 Å². The van der Waals surface area contributed by atoms with Crippen LogP contribution in [0.5, 0.6) is 5.75 Å². The third kappa shape index (κ3) is 5.30. The van der Waals surface area contributed by atoms with Crippen molar-refractivity contribution >= 4 is 50.9 Å². The first-order chi connectivity index (χ1) is 19.0. The number of carbonyl (C=O) groups excluding carboxylic acids is 2. The van der Waals surface area contributed by atoms with Gasteiger partial charge in [0.2, 0.25) is 0 Å². The first-order valence-corrected chi connectivity index (χ1v) is 15.2. The van der Waals surface area contributed by atoms with E-state index in [4.69, 9.17) is 27.4 Å². The lowest BCUT2D eigenvalue weighted by molar-refractivity contribution is -0.137. The molecule has 2 aliphatic carbocycles. The van der Waals surface area contributed by atoms with Crippen LogP contribution in [0.1, 0.15) is 62.0 Å². The van der Waals surface area contributed by atoms with Crippen molar-refractivity contribution in [3.63, 3.8) is 0 Å². The summed E-state index contributed by atoms with van der Waals surface area (Å²) in [7, 11) is -4.24. The minimum Gasteiger partial charge on any atom is -0.481 e. The lowest BCUT2D eigenvalue weighted by Gasteiger charge is -2.44. The summed E-state index contributed by atoms with van der Waals surface area (Å²) in [6, 6.07) is 9.11. The van der Waals surface area contributed by atoms with Gasteiger partial charge in [0.1, 0.15) is 4.90 Å². The van der Waals surface area contributed by atoms with Crippen molar-refractivity contribution in [3.8, 4) is 5.75 Å². The highest BCUT2D eigenvalue weighted by Crippen LogP contribution is 2.51. The van der Waals surface area contributed by atoms with Crippen LogP contribution in [-0.2, 0) is 24.5 Å². The van der Waals surface area contributed by atoms with Crippen molar-refractivity contribution in [1.82, 2.24) is 4.90 Å². The Morgan fingerprint density at radius 2 is 1.48 bits per heavy atom.